The summed E-state index contributed by atoms with van der Waals surface area (Å²) in [5.74, 6) is 0.369. The van der Waals surface area contributed by atoms with Gasteiger partial charge in [0.15, 0.2) is 5.11 Å². The van der Waals surface area contributed by atoms with Crippen molar-refractivity contribution in [3.8, 4) is 5.75 Å². The number of anilines is 1. The number of hydrogen-bond acceptors (Lipinski definition) is 3. The van der Waals surface area contributed by atoms with Crippen LogP contribution in [0.3, 0.4) is 0 Å². The van der Waals surface area contributed by atoms with Crippen molar-refractivity contribution >= 4 is 63.7 Å². The molecule has 0 aliphatic carbocycles. The first-order chi connectivity index (χ1) is 10.8. The van der Waals surface area contributed by atoms with Gasteiger partial charge >= 0.3 is 0 Å². The zero-order chi connectivity index (χ0) is 17.5. The van der Waals surface area contributed by atoms with Gasteiger partial charge in [0, 0.05) is 6.42 Å². The third kappa shape index (κ3) is 6.99. The number of hydrogen-bond donors (Lipinski definition) is 3. The van der Waals surface area contributed by atoms with Gasteiger partial charge in [0.25, 0.3) is 0 Å². The molecule has 0 spiro atoms. The molecule has 5 nitrogen and oxygen atoms in total. The predicted octanol–water partition coefficient (Wildman–Crippen LogP) is 3.59. The Labute approximate surface area is 156 Å². The number of carbonyl (C=O) groups is 1. The van der Waals surface area contributed by atoms with Crippen LogP contribution in [-0.2, 0) is 4.79 Å². The van der Waals surface area contributed by atoms with E-state index in [9.17, 15) is 4.79 Å². The van der Waals surface area contributed by atoms with Crippen LogP contribution >= 0.6 is 47.0 Å². The molecule has 1 unspecified atom stereocenters. The van der Waals surface area contributed by atoms with Gasteiger partial charge in [-0.2, -0.15) is 0 Å². The highest BCUT2D eigenvalue weighted by Crippen LogP contribution is 2.29. The summed E-state index contributed by atoms with van der Waals surface area (Å²) in [4.78, 5) is 11.7. The lowest BCUT2D eigenvalue weighted by molar-refractivity contribution is -0.121. The SMILES string of the molecule is CCCC(=O)NC(NC(=S)Nc1ccccc1OC)C(Cl)(Cl)Cl. The van der Waals surface area contributed by atoms with Crippen molar-refractivity contribution in [2.75, 3.05) is 12.4 Å². The maximum atomic E-state index is 11.7. The van der Waals surface area contributed by atoms with Gasteiger partial charge in [-0.15, -0.1) is 0 Å². The van der Waals surface area contributed by atoms with Crippen molar-refractivity contribution in [3.05, 3.63) is 24.3 Å². The zero-order valence-corrected chi connectivity index (χ0v) is 15.7. The second-order valence-corrected chi connectivity index (χ2v) is 7.37. The van der Waals surface area contributed by atoms with Crippen molar-refractivity contribution in [2.24, 2.45) is 0 Å². The van der Waals surface area contributed by atoms with E-state index in [1.807, 2.05) is 19.1 Å². The summed E-state index contributed by atoms with van der Waals surface area (Å²) in [6.07, 6.45) is 0.0368. The molecule has 1 rings (SSSR count). The van der Waals surface area contributed by atoms with E-state index in [1.54, 1.807) is 19.2 Å². The predicted molar refractivity (Wildman–Crippen MR) is 99.5 cm³/mol. The summed E-state index contributed by atoms with van der Waals surface area (Å²) >= 11 is 22.9. The second kappa shape index (κ2) is 9.37. The fourth-order valence-corrected chi connectivity index (χ4v) is 2.25. The fourth-order valence-electron chi connectivity index (χ4n) is 1.70. The molecule has 0 fully saturated rings. The van der Waals surface area contributed by atoms with Gasteiger partial charge in [0.05, 0.1) is 12.8 Å². The lowest BCUT2D eigenvalue weighted by atomic mass is 10.3. The Morgan fingerprint density at radius 3 is 2.52 bits per heavy atom. The molecule has 9 heteroatoms. The maximum Gasteiger partial charge on any atom is 0.228 e. The molecular weight excluding hydrogens is 381 g/mol. The van der Waals surface area contributed by atoms with E-state index >= 15 is 0 Å². The lowest BCUT2D eigenvalue weighted by Gasteiger charge is -2.28. The maximum absolute atomic E-state index is 11.7. The van der Waals surface area contributed by atoms with Crippen molar-refractivity contribution in [1.82, 2.24) is 10.6 Å². The quantitative estimate of drug-likeness (QED) is 0.388. The summed E-state index contributed by atoms with van der Waals surface area (Å²) in [5.41, 5.74) is 0.649. The molecule has 0 heterocycles. The number of rotatable bonds is 6. The number of para-hydroxylation sites is 2. The Morgan fingerprint density at radius 1 is 1.30 bits per heavy atom. The average Bonchev–Trinajstić information content (AvgIpc) is 2.46. The highest BCUT2D eigenvalue weighted by Gasteiger charge is 2.34. The van der Waals surface area contributed by atoms with Gasteiger partial charge in [-0.05, 0) is 30.8 Å². The van der Waals surface area contributed by atoms with E-state index in [0.717, 1.165) is 0 Å². The molecular formula is C14H18Cl3N3O2S. The Balaban J connectivity index is 2.75. The Bertz CT molecular complexity index is 552. The molecule has 0 aliphatic rings. The third-order valence-corrected chi connectivity index (χ3v) is 3.61. The van der Waals surface area contributed by atoms with Gasteiger partial charge in [0.1, 0.15) is 11.9 Å². The molecule has 0 bridgehead atoms. The van der Waals surface area contributed by atoms with Crippen LogP contribution in [-0.4, -0.2) is 28.1 Å². The topological polar surface area (TPSA) is 62.4 Å². The largest absolute Gasteiger partial charge is 0.495 e. The molecule has 3 N–H and O–H groups in total. The summed E-state index contributed by atoms with van der Waals surface area (Å²) in [6, 6.07) is 7.21. The smallest absolute Gasteiger partial charge is 0.228 e. The zero-order valence-electron chi connectivity index (χ0n) is 12.7. The van der Waals surface area contributed by atoms with Crippen molar-refractivity contribution < 1.29 is 9.53 Å². The number of halogens is 3. The molecule has 0 saturated carbocycles. The summed E-state index contributed by atoms with van der Waals surface area (Å²) in [5, 5.41) is 8.50. The highest BCUT2D eigenvalue weighted by atomic mass is 35.6. The van der Waals surface area contributed by atoms with E-state index in [0.29, 0.717) is 24.3 Å². The third-order valence-electron chi connectivity index (χ3n) is 2.74. The molecule has 128 valence electrons. The van der Waals surface area contributed by atoms with Crippen LogP contribution in [0.1, 0.15) is 19.8 Å². The number of carbonyl (C=O) groups excluding carboxylic acids is 1. The molecule has 1 amide bonds. The van der Waals surface area contributed by atoms with Crippen LogP contribution in [0.25, 0.3) is 0 Å². The van der Waals surface area contributed by atoms with Crippen molar-refractivity contribution in [3.63, 3.8) is 0 Å². The fraction of sp³-hybridized carbons (Fsp3) is 0.429. The number of methoxy groups -OCH3 is 1. The number of ether oxygens (including phenoxy) is 1. The van der Waals surface area contributed by atoms with Crippen molar-refractivity contribution in [2.45, 2.75) is 29.7 Å². The first kappa shape index (κ1) is 20.1. The number of nitrogens with one attached hydrogen (secondary N) is 3. The monoisotopic (exact) mass is 397 g/mol. The molecule has 0 radical (unpaired) electrons. The minimum atomic E-state index is -1.77. The number of thiocarbonyl (C=S) groups is 1. The Kier molecular flexibility index (Phi) is 8.19. The molecule has 1 aromatic carbocycles. The number of benzene rings is 1. The van der Waals surface area contributed by atoms with E-state index in [-0.39, 0.29) is 11.0 Å². The van der Waals surface area contributed by atoms with Crippen LogP contribution in [0.4, 0.5) is 5.69 Å². The number of alkyl halides is 3. The molecule has 1 aromatic rings. The number of amides is 1. The molecule has 1 atom stereocenters. The van der Waals surface area contributed by atoms with Gasteiger partial charge < -0.3 is 20.7 Å². The second-order valence-electron chi connectivity index (χ2n) is 4.59. The van der Waals surface area contributed by atoms with Crippen LogP contribution in [0.15, 0.2) is 24.3 Å². The van der Waals surface area contributed by atoms with Gasteiger partial charge in [0.2, 0.25) is 9.70 Å². The van der Waals surface area contributed by atoms with E-state index in [1.165, 1.54) is 0 Å². The molecule has 0 aliphatic heterocycles. The Hall–Kier alpha value is -0.950. The van der Waals surface area contributed by atoms with Crippen LogP contribution in [0.2, 0.25) is 0 Å². The minimum absolute atomic E-state index is 0.183. The van der Waals surface area contributed by atoms with Gasteiger partial charge in [-0.25, -0.2) is 0 Å². The molecule has 0 aromatic heterocycles. The standard InChI is InChI=1S/C14H18Cl3N3O2S/c1-3-6-11(21)19-12(14(15,16)17)20-13(23)18-9-7-4-5-8-10(9)22-2/h4-5,7-8,12H,3,6H2,1-2H3,(H,19,21)(H2,18,20,23). The molecule has 0 saturated heterocycles. The van der Waals surface area contributed by atoms with Crippen LogP contribution in [0.5, 0.6) is 5.75 Å². The van der Waals surface area contributed by atoms with Crippen LogP contribution in [0, 0.1) is 0 Å². The van der Waals surface area contributed by atoms with Crippen LogP contribution < -0.4 is 20.7 Å². The van der Waals surface area contributed by atoms with Crippen molar-refractivity contribution in [1.29, 1.82) is 0 Å². The van der Waals surface area contributed by atoms with E-state index in [4.69, 9.17) is 51.8 Å². The first-order valence-corrected chi connectivity index (χ1v) is 8.38. The minimum Gasteiger partial charge on any atom is -0.495 e. The lowest BCUT2D eigenvalue weighted by Crippen LogP contribution is -2.56. The summed E-state index contributed by atoms with van der Waals surface area (Å²) in [7, 11) is 1.55. The normalized spacial score (nSPS) is 12.2. The summed E-state index contributed by atoms with van der Waals surface area (Å²) in [6.45, 7) is 1.88. The highest BCUT2D eigenvalue weighted by molar-refractivity contribution is 7.80. The van der Waals surface area contributed by atoms with E-state index < -0.39 is 9.96 Å². The van der Waals surface area contributed by atoms with E-state index in [2.05, 4.69) is 16.0 Å². The average molecular weight is 399 g/mol. The summed E-state index contributed by atoms with van der Waals surface area (Å²) < 4.78 is 3.45. The molecule has 23 heavy (non-hydrogen) atoms. The van der Waals surface area contributed by atoms with Gasteiger partial charge in [-0.1, -0.05) is 53.9 Å². The van der Waals surface area contributed by atoms with Gasteiger partial charge in [-0.3, -0.25) is 4.79 Å². The Morgan fingerprint density at radius 2 is 1.96 bits per heavy atom. The first-order valence-electron chi connectivity index (χ1n) is 6.84.